The van der Waals surface area contributed by atoms with Gasteiger partial charge in [0.2, 0.25) is 0 Å². The summed E-state index contributed by atoms with van der Waals surface area (Å²) in [7, 11) is 1.82. The number of pyridine rings is 1. The highest BCUT2D eigenvalue weighted by Gasteiger charge is 2.11. The van der Waals surface area contributed by atoms with Crippen molar-refractivity contribution < 1.29 is 5.11 Å². The van der Waals surface area contributed by atoms with Crippen LogP contribution in [0.4, 0.5) is 0 Å². The Bertz CT molecular complexity index is 615. The topological polar surface area (TPSA) is 74.7 Å². The number of aliphatic hydroxyl groups is 1. The molecule has 5 nitrogen and oxygen atoms in total. The van der Waals surface area contributed by atoms with Crippen molar-refractivity contribution >= 4 is 11.8 Å². The number of hydrogen-bond acceptors (Lipinski definition) is 5. The first-order chi connectivity index (χ1) is 8.65. The SMILES string of the molecule is Cc1ccc(C#N)c(Sc2ncc(CO)n2C)n1. The van der Waals surface area contributed by atoms with Gasteiger partial charge in [-0.15, -0.1) is 0 Å². The summed E-state index contributed by atoms with van der Waals surface area (Å²) in [5, 5.41) is 19.5. The maximum atomic E-state index is 9.10. The molecule has 6 heteroatoms. The molecule has 2 aromatic heterocycles. The second-order valence-electron chi connectivity index (χ2n) is 3.77. The normalized spacial score (nSPS) is 10.3. The van der Waals surface area contributed by atoms with E-state index in [-0.39, 0.29) is 6.61 Å². The minimum absolute atomic E-state index is 0.0591. The van der Waals surface area contributed by atoms with Gasteiger partial charge in [0.15, 0.2) is 5.16 Å². The Labute approximate surface area is 109 Å². The second kappa shape index (κ2) is 5.21. The zero-order valence-electron chi connectivity index (χ0n) is 10.1. The maximum absolute atomic E-state index is 9.10. The Morgan fingerprint density at radius 3 is 2.89 bits per heavy atom. The van der Waals surface area contributed by atoms with E-state index in [9.17, 15) is 0 Å². The number of hydrogen-bond donors (Lipinski definition) is 1. The highest BCUT2D eigenvalue weighted by Crippen LogP contribution is 2.28. The van der Waals surface area contributed by atoms with E-state index in [1.54, 1.807) is 22.9 Å². The number of rotatable bonds is 3. The van der Waals surface area contributed by atoms with Gasteiger partial charge in [-0.2, -0.15) is 5.26 Å². The highest BCUT2D eigenvalue weighted by molar-refractivity contribution is 7.99. The van der Waals surface area contributed by atoms with E-state index >= 15 is 0 Å². The molecule has 0 aliphatic rings. The van der Waals surface area contributed by atoms with Crippen LogP contribution in [0.25, 0.3) is 0 Å². The molecule has 2 heterocycles. The molecular weight excluding hydrogens is 248 g/mol. The van der Waals surface area contributed by atoms with Crippen LogP contribution in [-0.2, 0) is 13.7 Å². The molecule has 0 bridgehead atoms. The lowest BCUT2D eigenvalue weighted by molar-refractivity contribution is 0.271. The van der Waals surface area contributed by atoms with Crippen LogP contribution < -0.4 is 0 Å². The fourth-order valence-corrected chi connectivity index (χ4v) is 2.40. The zero-order valence-corrected chi connectivity index (χ0v) is 10.9. The number of nitrogens with zero attached hydrogens (tertiary/aromatic N) is 4. The van der Waals surface area contributed by atoms with Gasteiger partial charge in [0.1, 0.15) is 11.1 Å². The smallest absolute Gasteiger partial charge is 0.174 e. The van der Waals surface area contributed by atoms with Crippen molar-refractivity contribution in [1.82, 2.24) is 14.5 Å². The minimum atomic E-state index is -0.0591. The molecule has 0 amide bonds. The van der Waals surface area contributed by atoms with E-state index in [1.165, 1.54) is 11.8 Å². The molecule has 0 aliphatic heterocycles. The number of aryl methyl sites for hydroxylation is 1. The van der Waals surface area contributed by atoms with Gasteiger partial charge in [0, 0.05) is 12.7 Å². The number of aromatic nitrogens is 3. The fourth-order valence-electron chi connectivity index (χ4n) is 1.45. The molecule has 0 unspecified atom stereocenters. The lowest BCUT2D eigenvalue weighted by Crippen LogP contribution is -1.98. The first kappa shape index (κ1) is 12.6. The van der Waals surface area contributed by atoms with E-state index in [1.807, 2.05) is 14.0 Å². The molecule has 2 aromatic rings. The van der Waals surface area contributed by atoms with Crippen molar-refractivity contribution in [3.05, 3.63) is 35.3 Å². The molecule has 0 radical (unpaired) electrons. The maximum Gasteiger partial charge on any atom is 0.174 e. The van der Waals surface area contributed by atoms with Gasteiger partial charge in [0.25, 0.3) is 0 Å². The van der Waals surface area contributed by atoms with Crippen molar-refractivity contribution in [1.29, 1.82) is 5.26 Å². The number of nitriles is 1. The third-order valence-corrected chi connectivity index (χ3v) is 3.58. The van der Waals surface area contributed by atoms with Crippen molar-refractivity contribution in [2.45, 2.75) is 23.7 Å². The molecule has 0 atom stereocenters. The van der Waals surface area contributed by atoms with Gasteiger partial charge in [-0.05, 0) is 30.8 Å². The minimum Gasteiger partial charge on any atom is -0.390 e. The Hall–Kier alpha value is -1.84. The summed E-state index contributed by atoms with van der Waals surface area (Å²) in [4.78, 5) is 8.54. The first-order valence-electron chi connectivity index (χ1n) is 5.32. The monoisotopic (exact) mass is 260 g/mol. The average Bonchev–Trinajstić information content (AvgIpc) is 2.71. The van der Waals surface area contributed by atoms with Crippen molar-refractivity contribution in [2.24, 2.45) is 7.05 Å². The lowest BCUT2D eigenvalue weighted by atomic mass is 10.3. The Morgan fingerprint density at radius 2 is 2.28 bits per heavy atom. The standard InChI is InChI=1S/C12H12N4OS/c1-8-3-4-9(5-13)11(15-8)18-12-14-6-10(7-17)16(12)2/h3-4,6,17H,7H2,1-2H3. The van der Waals surface area contributed by atoms with Crippen LogP contribution in [0, 0.1) is 18.3 Å². The van der Waals surface area contributed by atoms with Gasteiger partial charge >= 0.3 is 0 Å². The van der Waals surface area contributed by atoms with Gasteiger partial charge in [-0.3, -0.25) is 0 Å². The predicted octanol–water partition coefficient (Wildman–Crippen LogP) is 1.64. The molecule has 2 rings (SSSR count). The van der Waals surface area contributed by atoms with Crippen molar-refractivity contribution in [3.8, 4) is 6.07 Å². The molecule has 0 fully saturated rings. The summed E-state index contributed by atoms with van der Waals surface area (Å²) < 4.78 is 1.79. The number of aliphatic hydroxyl groups excluding tert-OH is 1. The van der Waals surface area contributed by atoms with E-state index in [2.05, 4.69) is 16.0 Å². The second-order valence-corrected chi connectivity index (χ2v) is 4.72. The van der Waals surface area contributed by atoms with Gasteiger partial charge in [0.05, 0.1) is 24.1 Å². The average molecular weight is 260 g/mol. The molecule has 0 spiro atoms. The molecule has 0 saturated heterocycles. The summed E-state index contributed by atoms with van der Waals surface area (Å²) in [6.45, 7) is 1.82. The van der Waals surface area contributed by atoms with E-state index < -0.39 is 0 Å². The molecule has 18 heavy (non-hydrogen) atoms. The van der Waals surface area contributed by atoms with Crippen LogP contribution in [0.5, 0.6) is 0 Å². The zero-order chi connectivity index (χ0) is 13.1. The Kier molecular flexibility index (Phi) is 3.65. The summed E-state index contributed by atoms with van der Waals surface area (Å²) in [5.74, 6) is 0. The summed E-state index contributed by atoms with van der Waals surface area (Å²) in [6.07, 6.45) is 1.62. The van der Waals surface area contributed by atoms with E-state index in [0.717, 1.165) is 11.4 Å². The fraction of sp³-hybridized carbons (Fsp3) is 0.250. The first-order valence-corrected chi connectivity index (χ1v) is 6.14. The van der Waals surface area contributed by atoms with Gasteiger partial charge < -0.3 is 9.67 Å². The van der Waals surface area contributed by atoms with Gasteiger partial charge in [-0.1, -0.05) is 0 Å². The van der Waals surface area contributed by atoms with E-state index in [4.69, 9.17) is 10.4 Å². The van der Waals surface area contributed by atoms with Crippen molar-refractivity contribution in [3.63, 3.8) is 0 Å². The lowest BCUT2D eigenvalue weighted by Gasteiger charge is -2.05. The third-order valence-electron chi connectivity index (χ3n) is 2.51. The van der Waals surface area contributed by atoms with Crippen LogP contribution in [-0.4, -0.2) is 19.6 Å². The summed E-state index contributed by atoms with van der Waals surface area (Å²) in [5.41, 5.74) is 2.11. The highest BCUT2D eigenvalue weighted by atomic mass is 32.2. The molecule has 0 aliphatic carbocycles. The number of imidazole rings is 1. The van der Waals surface area contributed by atoms with Gasteiger partial charge in [-0.25, -0.2) is 9.97 Å². The molecule has 92 valence electrons. The Balaban J connectivity index is 2.37. The summed E-state index contributed by atoms with van der Waals surface area (Å²) in [6, 6.07) is 5.67. The van der Waals surface area contributed by atoms with Crippen LogP contribution >= 0.6 is 11.8 Å². The molecular formula is C12H12N4OS. The van der Waals surface area contributed by atoms with Crippen LogP contribution in [0.3, 0.4) is 0 Å². The molecule has 0 saturated carbocycles. The third kappa shape index (κ3) is 2.37. The summed E-state index contributed by atoms with van der Waals surface area (Å²) >= 11 is 1.32. The largest absolute Gasteiger partial charge is 0.390 e. The Morgan fingerprint density at radius 1 is 1.50 bits per heavy atom. The molecule has 1 N–H and O–H groups in total. The quantitative estimate of drug-likeness (QED) is 0.908. The van der Waals surface area contributed by atoms with E-state index in [0.29, 0.717) is 15.7 Å². The van der Waals surface area contributed by atoms with Crippen LogP contribution in [0.1, 0.15) is 17.0 Å². The van der Waals surface area contributed by atoms with Crippen LogP contribution in [0.2, 0.25) is 0 Å². The van der Waals surface area contributed by atoms with Crippen molar-refractivity contribution in [2.75, 3.05) is 0 Å². The van der Waals surface area contributed by atoms with Crippen LogP contribution in [0.15, 0.2) is 28.5 Å². The molecule has 0 aromatic carbocycles. The predicted molar refractivity (Wildman–Crippen MR) is 66.9 cm³/mol.